The summed E-state index contributed by atoms with van der Waals surface area (Å²) in [6.07, 6.45) is 6.27. The number of aryl methyl sites for hydroxylation is 2. The van der Waals surface area contributed by atoms with Crippen LogP contribution in [0, 0.1) is 0 Å². The summed E-state index contributed by atoms with van der Waals surface area (Å²) in [6, 6.07) is 13.5. The van der Waals surface area contributed by atoms with E-state index in [0.29, 0.717) is 0 Å². The second-order valence-electron chi connectivity index (χ2n) is 5.99. The summed E-state index contributed by atoms with van der Waals surface area (Å²) in [5, 5.41) is 3.93. The highest BCUT2D eigenvalue weighted by Gasteiger charge is 2.10. The molecule has 5 nitrogen and oxygen atoms in total. The minimum Gasteiger partial charge on any atom is -0.497 e. The largest absolute Gasteiger partial charge is 0.497 e. The van der Waals surface area contributed by atoms with E-state index in [1.807, 2.05) is 36.4 Å². The lowest BCUT2D eigenvalue weighted by molar-refractivity contribution is -0.123. The number of rotatable bonds is 6. The Bertz CT molecular complexity index is 754. The van der Waals surface area contributed by atoms with E-state index in [1.54, 1.807) is 13.3 Å². The molecule has 1 amide bonds. The van der Waals surface area contributed by atoms with Gasteiger partial charge in [-0.2, -0.15) is 5.10 Å². The fourth-order valence-corrected chi connectivity index (χ4v) is 2.85. The molecule has 0 unspecified atom stereocenters. The quantitative estimate of drug-likeness (QED) is 0.650. The molecule has 5 heteroatoms. The van der Waals surface area contributed by atoms with Crippen LogP contribution >= 0.6 is 0 Å². The molecule has 0 bridgehead atoms. The van der Waals surface area contributed by atoms with Crippen molar-refractivity contribution in [1.82, 2.24) is 5.43 Å². The molecule has 1 aliphatic carbocycles. The Balaban J connectivity index is 1.46. The van der Waals surface area contributed by atoms with E-state index in [-0.39, 0.29) is 12.5 Å². The number of hydrazone groups is 1. The molecule has 0 aliphatic heterocycles. The molecule has 1 N–H and O–H groups in total. The average Bonchev–Trinajstić information content (AvgIpc) is 2.67. The first-order chi connectivity index (χ1) is 12.2. The molecule has 25 heavy (non-hydrogen) atoms. The lowest BCUT2D eigenvalue weighted by Gasteiger charge is -2.16. The van der Waals surface area contributed by atoms with Gasteiger partial charge >= 0.3 is 0 Å². The van der Waals surface area contributed by atoms with Gasteiger partial charge in [-0.3, -0.25) is 4.79 Å². The molecule has 0 atom stereocenters. The molecular weight excluding hydrogens is 316 g/mol. The molecule has 0 saturated carbocycles. The SMILES string of the molecule is COc1ccc(/C=N\NC(=O)COc2ccc3c(c2)CCCC3)cc1. The lowest BCUT2D eigenvalue weighted by atomic mass is 9.92. The summed E-state index contributed by atoms with van der Waals surface area (Å²) in [5.74, 6) is 1.22. The van der Waals surface area contributed by atoms with Crippen LogP contribution in [0.5, 0.6) is 11.5 Å². The molecule has 0 aromatic heterocycles. The van der Waals surface area contributed by atoms with Gasteiger partial charge in [0.05, 0.1) is 13.3 Å². The molecule has 2 aromatic rings. The Morgan fingerprint density at radius 1 is 1.08 bits per heavy atom. The van der Waals surface area contributed by atoms with E-state index >= 15 is 0 Å². The molecular formula is C20H22N2O3. The molecule has 3 rings (SSSR count). The number of fused-ring (bicyclic) bond motifs is 1. The smallest absolute Gasteiger partial charge is 0.277 e. The fraction of sp³-hybridized carbons (Fsp3) is 0.300. The van der Waals surface area contributed by atoms with Crippen LogP contribution in [0.25, 0.3) is 0 Å². The maximum Gasteiger partial charge on any atom is 0.277 e. The molecule has 0 fully saturated rings. The zero-order valence-electron chi connectivity index (χ0n) is 14.3. The van der Waals surface area contributed by atoms with Crippen LogP contribution in [-0.4, -0.2) is 25.8 Å². The number of amides is 1. The van der Waals surface area contributed by atoms with Gasteiger partial charge in [0.15, 0.2) is 6.61 Å². The Morgan fingerprint density at radius 3 is 2.56 bits per heavy atom. The Hall–Kier alpha value is -2.82. The molecule has 2 aromatic carbocycles. The van der Waals surface area contributed by atoms with Crippen LogP contribution in [0.4, 0.5) is 0 Å². The molecule has 0 saturated heterocycles. The van der Waals surface area contributed by atoms with Gasteiger partial charge in [0.1, 0.15) is 11.5 Å². The summed E-state index contributed by atoms with van der Waals surface area (Å²) in [7, 11) is 1.62. The van der Waals surface area contributed by atoms with Crippen molar-refractivity contribution in [2.24, 2.45) is 5.10 Å². The van der Waals surface area contributed by atoms with Gasteiger partial charge in [-0.15, -0.1) is 0 Å². The van der Waals surface area contributed by atoms with Crippen molar-refractivity contribution in [2.45, 2.75) is 25.7 Å². The maximum atomic E-state index is 11.8. The highest BCUT2D eigenvalue weighted by atomic mass is 16.5. The van der Waals surface area contributed by atoms with Crippen LogP contribution in [0.3, 0.4) is 0 Å². The zero-order valence-corrected chi connectivity index (χ0v) is 14.3. The first-order valence-corrected chi connectivity index (χ1v) is 8.45. The monoisotopic (exact) mass is 338 g/mol. The van der Waals surface area contributed by atoms with E-state index in [0.717, 1.165) is 29.9 Å². The number of hydrogen-bond acceptors (Lipinski definition) is 4. The van der Waals surface area contributed by atoms with Crippen LogP contribution in [-0.2, 0) is 17.6 Å². The first-order valence-electron chi connectivity index (χ1n) is 8.45. The minimum atomic E-state index is -0.289. The van der Waals surface area contributed by atoms with Gasteiger partial charge in [-0.25, -0.2) is 5.43 Å². The standard InChI is InChI=1S/C20H22N2O3/c1-24-18-9-6-15(7-10-18)13-21-22-20(23)14-25-19-11-8-16-4-2-3-5-17(16)12-19/h6-13H,2-5,14H2,1H3,(H,22,23)/b21-13-. The Morgan fingerprint density at radius 2 is 1.80 bits per heavy atom. The van der Waals surface area contributed by atoms with Crippen LogP contribution < -0.4 is 14.9 Å². The Kier molecular flexibility index (Phi) is 5.67. The van der Waals surface area contributed by atoms with Crippen LogP contribution in [0.15, 0.2) is 47.6 Å². The number of nitrogens with zero attached hydrogens (tertiary/aromatic N) is 1. The number of hydrogen-bond donors (Lipinski definition) is 1. The Labute approximate surface area is 147 Å². The summed E-state index contributed by atoms with van der Waals surface area (Å²) in [5.41, 5.74) is 6.07. The highest BCUT2D eigenvalue weighted by molar-refractivity contribution is 5.83. The number of methoxy groups -OCH3 is 1. The van der Waals surface area contributed by atoms with Crippen molar-refractivity contribution in [3.63, 3.8) is 0 Å². The third-order valence-electron chi connectivity index (χ3n) is 4.21. The third kappa shape index (κ3) is 4.83. The number of nitrogens with one attached hydrogen (secondary N) is 1. The van der Waals surface area contributed by atoms with Gasteiger partial charge in [0.2, 0.25) is 0 Å². The number of benzene rings is 2. The molecule has 0 radical (unpaired) electrons. The number of carbonyl (C=O) groups excluding carboxylic acids is 1. The van der Waals surface area contributed by atoms with Gasteiger partial charge in [-0.1, -0.05) is 6.07 Å². The van der Waals surface area contributed by atoms with E-state index < -0.39 is 0 Å². The predicted octanol–water partition coefficient (Wildman–Crippen LogP) is 3.10. The number of ether oxygens (including phenoxy) is 2. The van der Waals surface area contributed by atoms with Gasteiger partial charge < -0.3 is 9.47 Å². The van der Waals surface area contributed by atoms with Crippen molar-refractivity contribution in [1.29, 1.82) is 0 Å². The van der Waals surface area contributed by atoms with Gasteiger partial charge in [-0.05, 0) is 78.8 Å². The molecule has 130 valence electrons. The van der Waals surface area contributed by atoms with E-state index in [9.17, 15) is 4.79 Å². The van der Waals surface area contributed by atoms with Crippen molar-refractivity contribution >= 4 is 12.1 Å². The van der Waals surface area contributed by atoms with Crippen molar-refractivity contribution in [3.05, 3.63) is 59.2 Å². The molecule has 1 aliphatic rings. The van der Waals surface area contributed by atoms with E-state index in [1.165, 1.54) is 24.0 Å². The summed E-state index contributed by atoms with van der Waals surface area (Å²) in [4.78, 5) is 11.8. The maximum absolute atomic E-state index is 11.8. The predicted molar refractivity (Wildman–Crippen MR) is 97.3 cm³/mol. The normalized spacial score (nSPS) is 13.3. The number of carbonyl (C=O) groups is 1. The van der Waals surface area contributed by atoms with Gasteiger partial charge in [0.25, 0.3) is 5.91 Å². The van der Waals surface area contributed by atoms with E-state index in [2.05, 4.69) is 16.6 Å². The second kappa shape index (κ2) is 8.33. The average molecular weight is 338 g/mol. The summed E-state index contributed by atoms with van der Waals surface area (Å²) < 4.78 is 10.7. The fourth-order valence-electron chi connectivity index (χ4n) is 2.85. The van der Waals surface area contributed by atoms with Crippen molar-refractivity contribution in [3.8, 4) is 11.5 Å². The first kappa shape index (κ1) is 17.0. The van der Waals surface area contributed by atoms with Gasteiger partial charge in [0, 0.05) is 0 Å². The lowest BCUT2D eigenvalue weighted by Crippen LogP contribution is -2.24. The summed E-state index contributed by atoms with van der Waals surface area (Å²) >= 11 is 0. The second-order valence-corrected chi connectivity index (χ2v) is 5.99. The highest BCUT2D eigenvalue weighted by Crippen LogP contribution is 2.25. The van der Waals surface area contributed by atoms with Crippen LogP contribution in [0.2, 0.25) is 0 Å². The van der Waals surface area contributed by atoms with Crippen molar-refractivity contribution < 1.29 is 14.3 Å². The molecule has 0 spiro atoms. The molecule has 0 heterocycles. The third-order valence-corrected chi connectivity index (χ3v) is 4.21. The topological polar surface area (TPSA) is 59.9 Å². The minimum absolute atomic E-state index is 0.0568. The van der Waals surface area contributed by atoms with Crippen molar-refractivity contribution in [2.75, 3.05) is 13.7 Å². The van der Waals surface area contributed by atoms with E-state index in [4.69, 9.17) is 9.47 Å². The van der Waals surface area contributed by atoms with Crippen LogP contribution in [0.1, 0.15) is 29.5 Å². The summed E-state index contributed by atoms with van der Waals surface area (Å²) in [6.45, 7) is -0.0568. The zero-order chi connectivity index (χ0) is 17.5.